The molecule has 4 rings (SSSR count). The summed E-state index contributed by atoms with van der Waals surface area (Å²) < 4.78 is 22.0. The minimum absolute atomic E-state index is 0.0484. The summed E-state index contributed by atoms with van der Waals surface area (Å²) in [6.07, 6.45) is 3.64. The molecule has 2 atom stereocenters. The maximum absolute atomic E-state index is 14.1. The van der Waals surface area contributed by atoms with Crippen molar-refractivity contribution in [1.82, 2.24) is 20.0 Å². The summed E-state index contributed by atoms with van der Waals surface area (Å²) in [5.41, 5.74) is 3.88. The van der Waals surface area contributed by atoms with Crippen LogP contribution < -0.4 is 10.6 Å². The normalized spacial score (nSPS) is 14.9. The Morgan fingerprint density at radius 1 is 1.11 bits per heavy atom. The van der Waals surface area contributed by atoms with Crippen LogP contribution in [-0.2, 0) is 17.8 Å². The van der Waals surface area contributed by atoms with Gasteiger partial charge in [-0.25, -0.2) is 9.07 Å². The average Bonchev–Trinajstić information content (AvgIpc) is 3.49. The third-order valence-electron chi connectivity index (χ3n) is 6.42. The Kier molecular flexibility index (Phi) is 7.45. The molecule has 0 amide bonds. The SMILES string of the molecule is C=C(OC(C)CNCC(Nc1ccc(-n2cccn2)cc1)C(C)(C)C)N1Cc2cccc(F)c2C1. The van der Waals surface area contributed by atoms with E-state index in [2.05, 4.69) is 67.3 Å². The van der Waals surface area contributed by atoms with Crippen LogP contribution >= 0.6 is 0 Å². The summed E-state index contributed by atoms with van der Waals surface area (Å²) >= 11 is 0. The van der Waals surface area contributed by atoms with E-state index in [0.29, 0.717) is 25.5 Å². The van der Waals surface area contributed by atoms with Crippen LogP contribution in [0.1, 0.15) is 38.8 Å². The number of aromatic nitrogens is 2. The molecule has 1 aromatic heterocycles. The Bertz CT molecular complexity index is 1120. The zero-order valence-electron chi connectivity index (χ0n) is 21.1. The van der Waals surface area contributed by atoms with E-state index in [1.54, 1.807) is 12.3 Å². The van der Waals surface area contributed by atoms with Gasteiger partial charge in [-0.3, -0.25) is 0 Å². The molecule has 35 heavy (non-hydrogen) atoms. The summed E-state index contributed by atoms with van der Waals surface area (Å²) in [6, 6.07) is 15.6. The lowest BCUT2D eigenvalue weighted by Crippen LogP contribution is -2.44. The molecule has 0 fully saturated rings. The topological polar surface area (TPSA) is 54.4 Å². The van der Waals surface area contributed by atoms with Gasteiger partial charge < -0.3 is 20.3 Å². The quantitative estimate of drug-likeness (QED) is 0.387. The van der Waals surface area contributed by atoms with Crippen molar-refractivity contribution in [1.29, 1.82) is 0 Å². The molecule has 2 aromatic carbocycles. The Labute approximate surface area is 207 Å². The fourth-order valence-corrected chi connectivity index (χ4v) is 4.24. The number of hydrogen-bond acceptors (Lipinski definition) is 5. The van der Waals surface area contributed by atoms with Crippen molar-refractivity contribution in [3.63, 3.8) is 0 Å². The van der Waals surface area contributed by atoms with Gasteiger partial charge in [-0.15, -0.1) is 0 Å². The highest BCUT2D eigenvalue weighted by Gasteiger charge is 2.26. The van der Waals surface area contributed by atoms with E-state index in [1.807, 2.05) is 34.8 Å². The predicted octanol–water partition coefficient (Wildman–Crippen LogP) is 5.32. The zero-order chi connectivity index (χ0) is 25.0. The fraction of sp³-hybridized carbons (Fsp3) is 0.393. The largest absolute Gasteiger partial charge is 0.475 e. The summed E-state index contributed by atoms with van der Waals surface area (Å²) in [5.74, 6) is 0.418. The van der Waals surface area contributed by atoms with E-state index in [4.69, 9.17) is 4.74 Å². The molecule has 1 aliphatic heterocycles. The van der Waals surface area contributed by atoms with Crippen LogP contribution in [-0.4, -0.2) is 39.9 Å². The molecule has 186 valence electrons. The molecule has 0 spiro atoms. The van der Waals surface area contributed by atoms with Gasteiger partial charge in [0.05, 0.1) is 5.69 Å². The fourth-order valence-electron chi connectivity index (χ4n) is 4.24. The van der Waals surface area contributed by atoms with Gasteiger partial charge in [0.15, 0.2) is 5.88 Å². The van der Waals surface area contributed by atoms with Crippen LogP contribution in [0.4, 0.5) is 10.1 Å². The molecule has 0 aliphatic carbocycles. The highest BCUT2D eigenvalue weighted by atomic mass is 19.1. The second kappa shape index (κ2) is 10.5. The smallest absolute Gasteiger partial charge is 0.182 e. The van der Waals surface area contributed by atoms with Crippen molar-refractivity contribution in [3.8, 4) is 5.69 Å². The molecular formula is C28H36FN5O. The minimum atomic E-state index is -0.163. The molecule has 6 nitrogen and oxygen atoms in total. The van der Waals surface area contributed by atoms with Gasteiger partial charge in [0.25, 0.3) is 0 Å². The van der Waals surface area contributed by atoms with Crippen molar-refractivity contribution in [2.45, 2.75) is 52.9 Å². The Morgan fingerprint density at radius 3 is 2.54 bits per heavy atom. The van der Waals surface area contributed by atoms with Crippen molar-refractivity contribution in [2.75, 3.05) is 18.4 Å². The maximum Gasteiger partial charge on any atom is 0.182 e. The Balaban J connectivity index is 1.26. The number of rotatable bonds is 10. The first-order valence-corrected chi connectivity index (χ1v) is 12.1. The number of ether oxygens (including phenoxy) is 1. The monoisotopic (exact) mass is 477 g/mol. The third kappa shape index (κ3) is 6.22. The number of nitrogens with zero attached hydrogens (tertiary/aromatic N) is 3. The molecule has 0 radical (unpaired) electrons. The second-order valence-corrected chi connectivity index (χ2v) is 10.3. The van der Waals surface area contributed by atoms with Crippen molar-refractivity contribution < 1.29 is 9.13 Å². The molecule has 0 saturated carbocycles. The lowest BCUT2D eigenvalue weighted by atomic mass is 9.86. The van der Waals surface area contributed by atoms with Gasteiger partial charge >= 0.3 is 0 Å². The summed E-state index contributed by atoms with van der Waals surface area (Å²) in [7, 11) is 0. The minimum Gasteiger partial charge on any atom is -0.475 e. The molecule has 2 heterocycles. The van der Waals surface area contributed by atoms with Crippen LogP contribution in [0.5, 0.6) is 0 Å². The highest BCUT2D eigenvalue weighted by Crippen LogP contribution is 2.28. The Hall–Kier alpha value is -3.32. The van der Waals surface area contributed by atoms with Gasteiger partial charge in [0.1, 0.15) is 11.9 Å². The molecule has 7 heteroatoms. The summed E-state index contributed by atoms with van der Waals surface area (Å²) in [5, 5.41) is 11.5. The first kappa shape index (κ1) is 24.8. The number of nitrogens with one attached hydrogen (secondary N) is 2. The third-order valence-corrected chi connectivity index (χ3v) is 6.42. The van der Waals surface area contributed by atoms with Gasteiger partial charge in [0.2, 0.25) is 0 Å². The zero-order valence-corrected chi connectivity index (χ0v) is 21.1. The lowest BCUT2D eigenvalue weighted by molar-refractivity contribution is 0.0596. The number of fused-ring (bicyclic) bond motifs is 1. The molecule has 2 unspecified atom stereocenters. The van der Waals surface area contributed by atoms with Crippen LogP contribution in [0, 0.1) is 11.2 Å². The van der Waals surface area contributed by atoms with Crippen LogP contribution in [0.3, 0.4) is 0 Å². The van der Waals surface area contributed by atoms with E-state index in [9.17, 15) is 4.39 Å². The van der Waals surface area contributed by atoms with Gasteiger partial charge in [-0.1, -0.05) is 32.9 Å². The van der Waals surface area contributed by atoms with E-state index in [-0.39, 0.29) is 23.4 Å². The van der Waals surface area contributed by atoms with Crippen molar-refractivity contribution in [3.05, 3.63) is 90.3 Å². The number of hydrogen-bond donors (Lipinski definition) is 2. The molecule has 1 aliphatic rings. The van der Waals surface area contributed by atoms with Gasteiger partial charge in [-0.2, -0.15) is 5.10 Å². The van der Waals surface area contributed by atoms with Crippen LogP contribution in [0.2, 0.25) is 0 Å². The lowest BCUT2D eigenvalue weighted by Gasteiger charge is -2.33. The van der Waals surface area contributed by atoms with E-state index in [0.717, 1.165) is 29.0 Å². The number of anilines is 1. The standard InChI is InChI=1S/C28H36FN5O/c1-20(35-21(2)33-18-22-8-6-9-26(29)25(22)19-33)16-30-17-27(28(3,4)5)32-23-10-12-24(13-11-23)34-15-7-14-31-34/h6-15,20,27,30,32H,2,16-19H2,1,3-5H3. The van der Waals surface area contributed by atoms with Gasteiger partial charge in [-0.05, 0) is 60.9 Å². The van der Waals surface area contributed by atoms with Crippen LogP contribution in [0.15, 0.2) is 73.4 Å². The molecule has 0 bridgehead atoms. The molecule has 3 aromatic rings. The van der Waals surface area contributed by atoms with Crippen LogP contribution in [0.25, 0.3) is 5.69 Å². The first-order valence-electron chi connectivity index (χ1n) is 12.1. The number of benzene rings is 2. The van der Waals surface area contributed by atoms with E-state index < -0.39 is 0 Å². The predicted molar refractivity (Wildman–Crippen MR) is 139 cm³/mol. The average molecular weight is 478 g/mol. The second-order valence-electron chi connectivity index (χ2n) is 10.3. The number of halogens is 1. The first-order chi connectivity index (χ1) is 16.7. The van der Waals surface area contributed by atoms with Gasteiger partial charge in [0, 0.05) is 55.9 Å². The summed E-state index contributed by atoms with van der Waals surface area (Å²) in [6.45, 7) is 15.4. The molecule has 2 N–H and O–H groups in total. The van der Waals surface area contributed by atoms with E-state index >= 15 is 0 Å². The molecular weight excluding hydrogens is 441 g/mol. The van der Waals surface area contributed by atoms with Crippen molar-refractivity contribution >= 4 is 5.69 Å². The van der Waals surface area contributed by atoms with Crippen molar-refractivity contribution in [2.24, 2.45) is 5.41 Å². The maximum atomic E-state index is 14.1. The highest BCUT2D eigenvalue weighted by molar-refractivity contribution is 5.49. The van der Waals surface area contributed by atoms with E-state index in [1.165, 1.54) is 6.07 Å². The Morgan fingerprint density at radius 2 is 1.89 bits per heavy atom. The molecule has 0 saturated heterocycles. The summed E-state index contributed by atoms with van der Waals surface area (Å²) in [4.78, 5) is 1.98.